The van der Waals surface area contributed by atoms with Crippen LogP contribution in [0, 0.1) is 0 Å². The van der Waals surface area contributed by atoms with Crippen molar-refractivity contribution in [1.82, 2.24) is 4.90 Å². The van der Waals surface area contributed by atoms with Gasteiger partial charge in [-0.15, -0.1) is 11.8 Å². The van der Waals surface area contributed by atoms with Crippen LogP contribution in [0.5, 0.6) is 0 Å². The van der Waals surface area contributed by atoms with E-state index in [0.717, 1.165) is 19.5 Å². The zero-order valence-corrected chi connectivity index (χ0v) is 32.4. The maximum atomic E-state index is 2.77. The topological polar surface area (TPSA) is 13.0 Å². The fourth-order valence-corrected chi connectivity index (χ4v) is 12.2. The van der Waals surface area contributed by atoms with Crippen molar-refractivity contribution in [3.8, 4) is 0 Å². The summed E-state index contributed by atoms with van der Waals surface area (Å²) in [6.07, 6.45) is 23.5. The fraction of sp³-hybridized carbons (Fsp3) is 0.292. The maximum absolute atomic E-state index is 2.77. The standard InChI is InChI=1S/C48H46N4S2/c1-11-27-49(28-12-1)33-23-25-35-37(31-33)47(51-39-15-3-7-19-43(39)53-44-20-8-4-16-40(44)51)36-26-24-34(50-29-13-2-14-30-50)32-38(36)48(35)52-41-17-5-9-21-45(41)54-46-22-10-6-18-42(46)52/h3-10,15-23,25-26,31-32,34,41,45H,1-2,11-14,24,27-30H2. The van der Waals surface area contributed by atoms with Gasteiger partial charge in [-0.05, 0) is 100 Å². The summed E-state index contributed by atoms with van der Waals surface area (Å²) in [4.78, 5) is 14.7. The van der Waals surface area contributed by atoms with Gasteiger partial charge in [0.15, 0.2) is 0 Å². The minimum atomic E-state index is 0.214. The SMILES string of the molecule is C1=CC2Sc3ccccc3N(c3c4c(c(N5c6ccccc6Sc6ccccc65)c5cc(N6CCCCC6)ccc35)=CCC(N3CCCCC3)C=4)C2C=C1. The molecule has 2 saturated heterocycles. The van der Waals surface area contributed by atoms with Gasteiger partial charge in [0.2, 0.25) is 0 Å². The van der Waals surface area contributed by atoms with Crippen LogP contribution in [-0.4, -0.2) is 48.4 Å². The smallest absolute Gasteiger partial charge is 0.0683 e. The molecule has 3 atom stereocenters. The van der Waals surface area contributed by atoms with E-state index >= 15 is 0 Å². The molecule has 0 bridgehead atoms. The van der Waals surface area contributed by atoms with E-state index in [1.54, 1.807) is 0 Å². The summed E-state index contributed by atoms with van der Waals surface area (Å²) in [5.74, 6) is 0. The molecule has 0 radical (unpaired) electrons. The number of likely N-dealkylation sites (tertiary alicyclic amines) is 1. The molecular formula is C48H46N4S2. The lowest BCUT2D eigenvalue weighted by atomic mass is 9.91. The van der Waals surface area contributed by atoms with Crippen LogP contribution in [0.4, 0.5) is 34.1 Å². The largest absolute Gasteiger partial charge is 0.372 e. The average Bonchev–Trinajstić information content (AvgIpc) is 3.24. The highest BCUT2D eigenvalue weighted by molar-refractivity contribution is 8.00. The van der Waals surface area contributed by atoms with Crippen LogP contribution < -0.4 is 25.1 Å². The Morgan fingerprint density at radius 1 is 0.574 bits per heavy atom. The first-order valence-corrected chi connectivity index (χ1v) is 21.9. The van der Waals surface area contributed by atoms with Crippen LogP contribution >= 0.6 is 23.5 Å². The van der Waals surface area contributed by atoms with Crippen molar-refractivity contribution in [3.05, 3.63) is 126 Å². The third-order valence-corrected chi connectivity index (χ3v) is 14.9. The second-order valence-corrected chi connectivity index (χ2v) is 17.9. The summed E-state index contributed by atoms with van der Waals surface area (Å²) >= 11 is 3.91. The molecule has 4 heterocycles. The summed E-state index contributed by atoms with van der Waals surface area (Å²) in [5.41, 5.74) is 7.90. The number of benzene rings is 5. The number of anilines is 6. The number of para-hydroxylation sites is 3. The average molecular weight is 743 g/mol. The number of nitrogens with zero attached hydrogens (tertiary/aromatic N) is 4. The Balaban J connectivity index is 1.26. The molecule has 2 aliphatic carbocycles. The minimum Gasteiger partial charge on any atom is -0.372 e. The van der Waals surface area contributed by atoms with E-state index < -0.39 is 0 Å². The molecule has 5 aromatic rings. The quantitative estimate of drug-likeness (QED) is 0.177. The van der Waals surface area contributed by atoms with Gasteiger partial charge in [-0.1, -0.05) is 97.1 Å². The molecule has 0 saturated carbocycles. The zero-order valence-electron chi connectivity index (χ0n) is 30.7. The van der Waals surface area contributed by atoms with Gasteiger partial charge < -0.3 is 14.7 Å². The van der Waals surface area contributed by atoms with Crippen molar-refractivity contribution < 1.29 is 0 Å². The van der Waals surface area contributed by atoms with Gasteiger partial charge in [0.1, 0.15) is 0 Å². The Morgan fingerprint density at radius 3 is 2.00 bits per heavy atom. The Bertz CT molecular complexity index is 2410. The number of hydrogen-bond donors (Lipinski definition) is 0. The molecule has 0 N–H and O–H groups in total. The molecule has 4 aliphatic heterocycles. The van der Waals surface area contributed by atoms with E-state index in [2.05, 4.69) is 147 Å². The predicted molar refractivity (Wildman–Crippen MR) is 231 cm³/mol. The van der Waals surface area contributed by atoms with Crippen LogP contribution in [0.2, 0.25) is 0 Å². The van der Waals surface area contributed by atoms with Crippen molar-refractivity contribution in [3.63, 3.8) is 0 Å². The summed E-state index contributed by atoms with van der Waals surface area (Å²) in [6.45, 7) is 4.62. The highest BCUT2D eigenvalue weighted by Crippen LogP contribution is 2.53. The Morgan fingerprint density at radius 2 is 1.24 bits per heavy atom. The molecule has 5 aromatic carbocycles. The Kier molecular flexibility index (Phi) is 8.40. The number of thioether (sulfide) groups is 1. The highest BCUT2D eigenvalue weighted by Gasteiger charge is 2.37. The number of fused-ring (bicyclic) bond motifs is 6. The maximum Gasteiger partial charge on any atom is 0.0683 e. The van der Waals surface area contributed by atoms with E-state index in [-0.39, 0.29) is 6.04 Å². The third-order valence-electron chi connectivity index (χ3n) is 12.5. The molecule has 6 heteroatoms. The van der Waals surface area contributed by atoms with Crippen molar-refractivity contribution in [2.24, 2.45) is 0 Å². The van der Waals surface area contributed by atoms with Crippen LogP contribution in [-0.2, 0) is 0 Å². The number of hydrogen-bond acceptors (Lipinski definition) is 6. The molecule has 270 valence electrons. The zero-order chi connectivity index (χ0) is 35.6. The van der Waals surface area contributed by atoms with E-state index in [0.29, 0.717) is 11.3 Å². The molecule has 2 fully saturated rings. The molecular weight excluding hydrogens is 697 g/mol. The molecule has 0 amide bonds. The minimum absolute atomic E-state index is 0.214. The summed E-state index contributed by atoms with van der Waals surface area (Å²) in [7, 11) is 0. The summed E-state index contributed by atoms with van der Waals surface area (Å²) in [6, 6.07) is 35.4. The second kappa shape index (κ2) is 13.7. The Hall–Kier alpha value is -4.36. The molecule has 54 heavy (non-hydrogen) atoms. The molecule has 11 rings (SSSR count). The van der Waals surface area contributed by atoms with Gasteiger partial charge >= 0.3 is 0 Å². The lowest BCUT2D eigenvalue weighted by Gasteiger charge is -2.44. The van der Waals surface area contributed by atoms with Crippen LogP contribution in [0.1, 0.15) is 44.9 Å². The Labute approximate surface area is 327 Å². The second-order valence-electron chi connectivity index (χ2n) is 15.6. The lowest BCUT2D eigenvalue weighted by molar-refractivity contribution is 0.201. The monoisotopic (exact) mass is 742 g/mol. The van der Waals surface area contributed by atoms with Crippen LogP contribution in [0.15, 0.2) is 130 Å². The molecule has 3 unspecified atom stereocenters. The van der Waals surface area contributed by atoms with Crippen molar-refractivity contribution in [2.45, 2.75) is 77.0 Å². The molecule has 0 spiro atoms. The number of piperidine rings is 2. The molecule has 6 aliphatic rings. The normalized spacial score (nSPS) is 23.1. The van der Waals surface area contributed by atoms with E-state index in [1.807, 2.05) is 23.5 Å². The predicted octanol–water partition coefficient (Wildman–Crippen LogP) is 10.7. The van der Waals surface area contributed by atoms with E-state index in [1.165, 1.54) is 122 Å². The van der Waals surface area contributed by atoms with Crippen molar-refractivity contribution in [1.29, 1.82) is 0 Å². The molecule has 0 aromatic heterocycles. The molecule has 4 nitrogen and oxygen atoms in total. The summed E-state index contributed by atoms with van der Waals surface area (Å²) in [5, 5.41) is 5.78. The van der Waals surface area contributed by atoms with Crippen LogP contribution in [0.3, 0.4) is 0 Å². The third kappa shape index (κ3) is 5.47. The van der Waals surface area contributed by atoms with Gasteiger partial charge in [0.25, 0.3) is 0 Å². The summed E-state index contributed by atoms with van der Waals surface area (Å²) < 4.78 is 0. The van der Waals surface area contributed by atoms with Crippen LogP contribution in [0.25, 0.3) is 22.9 Å². The lowest BCUT2D eigenvalue weighted by Crippen LogP contribution is -2.48. The van der Waals surface area contributed by atoms with E-state index in [9.17, 15) is 0 Å². The van der Waals surface area contributed by atoms with Gasteiger partial charge in [0, 0.05) is 60.7 Å². The highest BCUT2D eigenvalue weighted by atomic mass is 32.2. The van der Waals surface area contributed by atoms with Gasteiger partial charge in [-0.3, -0.25) is 4.90 Å². The van der Waals surface area contributed by atoms with Gasteiger partial charge in [-0.2, -0.15) is 0 Å². The first kappa shape index (κ1) is 33.0. The first-order valence-electron chi connectivity index (χ1n) is 20.2. The number of rotatable bonds is 4. The van der Waals surface area contributed by atoms with Gasteiger partial charge in [-0.25, -0.2) is 0 Å². The van der Waals surface area contributed by atoms with E-state index in [4.69, 9.17) is 0 Å². The first-order chi connectivity index (χ1) is 26.8. The van der Waals surface area contributed by atoms with Gasteiger partial charge in [0.05, 0.1) is 39.7 Å². The van der Waals surface area contributed by atoms with Crippen molar-refractivity contribution >= 4 is 80.6 Å². The fourth-order valence-electron chi connectivity index (χ4n) is 9.90. The number of allylic oxidation sites excluding steroid dienone is 2. The van der Waals surface area contributed by atoms with Crippen molar-refractivity contribution in [2.75, 3.05) is 40.9 Å².